The Morgan fingerprint density at radius 2 is 2.17 bits per heavy atom. The van der Waals surface area contributed by atoms with Crippen molar-refractivity contribution in [2.45, 2.75) is 38.3 Å². The Hall–Kier alpha value is -1.86. The molecule has 23 heavy (non-hydrogen) atoms. The van der Waals surface area contributed by atoms with Crippen molar-refractivity contribution in [1.29, 1.82) is 0 Å². The number of carbonyl (C=O) groups is 1. The van der Waals surface area contributed by atoms with Crippen LogP contribution in [0.2, 0.25) is 0 Å². The highest BCUT2D eigenvalue weighted by molar-refractivity contribution is 5.85. The molecule has 8 heteroatoms. The van der Waals surface area contributed by atoms with E-state index in [4.69, 9.17) is 5.73 Å². The first kappa shape index (κ1) is 17.5. The Morgan fingerprint density at radius 1 is 1.35 bits per heavy atom. The number of amides is 1. The number of hydrogen-bond acceptors (Lipinski definition) is 4. The molecule has 0 radical (unpaired) electrons. The van der Waals surface area contributed by atoms with Gasteiger partial charge in [0.2, 0.25) is 5.91 Å². The summed E-state index contributed by atoms with van der Waals surface area (Å²) in [6, 6.07) is 5.52. The maximum Gasteiger partial charge on any atom is 0.350 e. The third-order valence-corrected chi connectivity index (χ3v) is 4.25. The molecule has 0 bridgehead atoms. The maximum absolute atomic E-state index is 12.4. The first-order valence-electron chi connectivity index (χ1n) is 7.74. The SMILES string of the molecule is Cl.NCC1CCCCN1C(=O)CCn1nc2ccccn2c1=O. The van der Waals surface area contributed by atoms with E-state index < -0.39 is 0 Å². The predicted octanol–water partition coefficient (Wildman–Crippen LogP) is 0.648. The van der Waals surface area contributed by atoms with Gasteiger partial charge < -0.3 is 10.6 Å². The van der Waals surface area contributed by atoms with Crippen LogP contribution in [0.15, 0.2) is 29.2 Å². The van der Waals surface area contributed by atoms with Gasteiger partial charge in [-0.2, -0.15) is 0 Å². The topological polar surface area (TPSA) is 85.6 Å². The largest absolute Gasteiger partial charge is 0.350 e. The summed E-state index contributed by atoms with van der Waals surface area (Å²) in [5.41, 5.74) is 6.13. The van der Waals surface area contributed by atoms with E-state index in [1.54, 1.807) is 18.3 Å². The minimum Gasteiger partial charge on any atom is -0.338 e. The van der Waals surface area contributed by atoms with E-state index in [1.165, 1.54) is 9.08 Å². The minimum absolute atomic E-state index is 0. The number of nitrogens with two attached hydrogens (primary N) is 1. The van der Waals surface area contributed by atoms with Crippen molar-refractivity contribution in [1.82, 2.24) is 19.1 Å². The van der Waals surface area contributed by atoms with Crippen molar-refractivity contribution in [3.63, 3.8) is 0 Å². The van der Waals surface area contributed by atoms with E-state index in [0.717, 1.165) is 25.8 Å². The zero-order valence-electron chi connectivity index (χ0n) is 12.9. The number of fused-ring (bicyclic) bond motifs is 1. The number of aryl methyl sites for hydroxylation is 1. The lowest BCUT2D eigenvalue weighted by molar-refractivity contribution is -0.134. The van der Waals surface area contributed by atoms with Crippen LogP contribution in [-0.4, -0.2) is 44.1 Å². The number of piperidine rings is 1. The number of likely N-dealkylation sites (tertiary alicyclic amines) is 1. The first-order valence-corrected chi connectivity index (χ1v) is 7.74. The van der Waals surface area contributed by atoms with Gasteiger partial charge in [-0.1, -0.05) is 6.07 Å². The van der Waals surface area contributed by atoms with Crippen LogP contribution in [-0.2, 0) is 11.3 Å². The van der Waals surface area contributed by atoms with Gasteiger partial charge in [0.1, 0.15) is 0 Å². The molecule has 1 amide bonds. The average molecular weight is 340 g/mol. The molecule has 1 aliphatic heterocycles. The molecular formula is C15H22ClN5O2. The van der Waals surface area contributed by atoms with Crippen LogP contribution < -0.4 is 11.4 Å². The molecule has 0 spiro atoms. The lowest BCUT2D eigenvalue weighted by Crippen LogP contribution is -2.47. The second-order valence-corrected chi connectivity index (χ2v) is 5.66. The molecule has 2 aromatic rings. The van der Waals surface area contributed by atoms with Crippen LogP contribution in [0.5, 0.6) is 0 Å². The monoisotopic (exact) mass is 339 g/mol. The zero-order valence-corrected chi connectivity index (χ0v) is 13.7. The predicted molar refractivity (Wildman–Crippen MR) is 89.7 cm³/mol. The van der Waals surface area contributed by atoms with Crippen molar-refractivity contribution in [3.8, 4) is 0 Å². The number of nitrogens with zero attached hydrogens (tertiary/aromatic N) is 4. The van der Waals surface area contributed by atoms with Gasteiger partial charge in [0.05, 0.1) is 6.54 Å². The van der Waals surface area contributed by atoms with Crippen molar-refractivity contribution in [2.24, 2.45) is 5.73 Å². The van der Waals surface area contributed by atoms with Gasteiger partial charge in [-0.05, 0) is 31.4 Å². The third-order valence-electron chi connectivity index (χ3n) is 4.25. The fourth-order valence-corrected chi connectivity index (χ4v) is 3.03. The van der Waals surface area contributed by atoms with Crippen LogP contribution in [0.1, 0.15) is 25.7 Å². The normalized spacial score (nSPS) is 18.0. The molecule has 0 aliphatic carbocycles. The molecule has 1 atom stereocenters. The molecule has 1 unspecified atom stereocenters. The van der Waals surface area contributed by atoms with Crippen molar-refractivity contribution < 1.29 is 4.79 Å². The lowest BCUT2D eigenvalue weighted by Gasteiger charge is -2.35. The average Bonchev–Trinajstić information content (AvgIpc) is 2.89. The van der Waals surface area contributed by atoms with E-state index >= 15 is 0 Å². The van der Waals surface area contributed by atoms with Crippen LogP contribution in [0.25, 0.3) is 5.65 Å². The zero-order chi connectivity index (χ0) is 15.5. The molecule has 1 saturated heterocycles. The molecule has 3 heterocycles. The molecule has 0 saturated carbocycles. The van der Waals surface area contributed by atoms with Crippen molar-refractivity contribution >= 4 is 24.0 Å². The van der Waals surface area contributed by atoms with Crippen LogP contribution >= 0.6 is 12.4 Å². The Labute approximate surface area is 140 Å². The summed E-state index contributed by atoms with van der Waals surface area (Å²) in [5.74, 6) is 0.0547. The molecule has 2 N–H and O–H groups in total. The van der Waals surface area contributed by atoms with Gasteiger partial charge in [-0.25, -0.2) is 9.48 Å². The van der Waals surface area contributed by atoms with E-state index in [1.807, 2.05) is 11.0 Å². The number of halogens is 1. The van der Waals surface area contributed by atoms with E-state index in [0.29, 0.717) is 18.7 Å². The van der Waals surface area contributed by atoms with Crippen LogP contribution in [0.4, 0.5) is 0 Å². The summed E-state index contributed by atoms with van der Waals surface area (Å²) in [5, 5.41) is 4.24. The van der Waals surface area contributed by atoms with E-state index in [-0.39, 0.29) is 36.5 Å². The highest BCUT2D eigenvalue weighted by Gasteiger charge is 2.25. The minimum atomic E-state index is -0.211. The number of rotatable bonds is 4. The van der Waals surface area contributed by atoms with E-state index in [2.05, 4.69) is 5.10 Å². The summed E-state index contributed by atoms with van der Waals surface area (Å²) >= 11 is 0. The van der Waals surface area contributed by atoms with Crippen LogP contribution in [0, 0.1) is 0 Å². The number of pyridine rings is 1. The smallest absolute Gasteiger partial charge is 0.338 e. The van der Waals surface area contributed by atoms with Gasteiger partial charge >= 0.3 is 5.69 Å². The van der Waals surface area contributed by atoms with Crippen molar-refractivity contribution in [3.05, 3.63) is 34.9 Å². The fourth-order valence-electron chi connectivity index (χ4n) is 3.03. The van der Waals surface area contributed by atoms with Gasteiger partial charge in [-0.15, -0.1) is 17.5 Å². The van der Waals surface area contributed by atoms with Gasteiger partial charge in [0.15, 0.2) is 5.65 Å². The molecule has 3 rings (SSSR count). The maximum atomic E-state index is 12.4. The van der Waals surface area contributed by atoms with Gasteiger partial charge in [0.25, 0.3) is 0 Å². The lowest BCUT2D eigenvalue weighted by atomic mass is 10.0. The quantitative estimate of drug-likeness (QED) is 0.886. The molecular weight excluding hydrogens is 318 g/mol. The summed E-state index contributed by atoms with van der Waals surface area (Å²) < 4.78 is 2.84. The number of carbonyl (C=O) groups excluding carboxylic acids is 1. The molecule has 2 aromatic heterocycles. The second-order valence-electron chi connectivity index (χ2n) is 5.66. The molecule has 1 fully saturated rings. The fraction of sp³-hybridized carbons (Fsp3) is 0.533. The third kappa shape index (κ3) is 3.56. The Balaban J connectivity index is 0.00000192. The molecule has 7 nitrogen and oxygen atoms in total. The highest BCUT2D eigenvalue weighted by Crippen LogP contribution is 2.17. The summed E-state index contributed by atoms with van der Waals surface area (Å²) in [4.78, 5) is 26.4. The highest BCUT2D eigenvalue weighted by atomic mass is 35.5. The second kappa shape index (κ2) is 7.61. The molecule has 126 valence electrons. The standard InChI is InChI=1S/C15H21N5O2.ClH/c16-11-12-5-1-3-8-18(12)14(21)7-10-20-15(22)19-9-4-2-6-13(19)17-20;/h2,4,6,9,12H,1,3,5,7-8,10-11,16H2;1H. The summed E-state index contributed by atoms with van der Waals surface area (Å²) in [6.07, 6.45) is 5.07. The van der Waals surface area contributed by atoms with Crippen LogP contribution in [0.3, 0.4) is 0 Å². The summed E-state index contributed by atoms with van der Waals surface area (Å²) in [7, 11) is 0. The summed E-state index contributed by atoms with van der Waals surface area (Å²) in [6.45, 7) is 1.56. The number of aromatic nitrogens is 3. The number of hydrogen-bond donors (Lipinski definition) is 1. The molecule has 1 aliphatic rings. The Bertz CT molecular complexity index is 726. The Morgan fingerprint density at radius 3 is 2.91 bits per heavy atom. The van der Waals surface area contributed by atoms with Crippen molar-refractivity contribution in [2.75, 3.05) is 13.1 Å². The Kier molecular flexibility index (Phi) is 5.79. The first-order chi connectivity index (χ1) is 10.7. The van der Waals surface area contributed by atoms with Gasteiger partial charge in [-0.3, -0.25) is 9.20 Å². The van der Waals surface area contributed by atoms with Gasteiger partial charge in [0, 0.05) is 31.7 Å². The molecule has 0 aromatic carbocycles. The van der Waals surface area contributed by atoms with E-state index in [9.17, 15) is 9.59 Å².